The molecule has 11 aromatic rings. The van der Waals surface area contributed by atoms with Gasteiger partial charge in [-0.1, -0.05) is 222 Å². The fourth-order valence-electron chi connectivity index (χ4n) is 11.8. The molecular weight excluding hydrogens is 945 g/mol. The van der Waals surface area contributed by atoms with Gasteiger partial charge in [-0.15, -0.1) is 0 Å². The summed E-state index contributed by atoms with van der Waals surface area (Å²) in [6.45, 7) is 9.41. The lowest BCUT2D eigenvalue weighted by Gasteiger charge is -2.27. The molecular formula is C74H58N4. The topological polar surface area (TPSA) is 32.3 Å². The molecule has 0 N–H and O–H groups in total. The number of aromatic nitrogens is 2. The Morgan fingerprint density at radius 3 is 1.01 bits per heavy atom. The second-order valence-electron chi connectivity index (χ2n) is 21.5. The van der Waals surface area contributed by atoms with Crippen LogP contribution < -0.4 is 9.80 Å². The molecule has 374 valence electrons. The van der Waals surface area contributed by atoms with E-state index in [0.717, 1.165) is 45.5 Å². The van der Waals surface area contributed by atoms with Crippen molar-refractivity contribution in [1.82, 2.24) is 9.97 Å². The van der Waals surface area contributed by atoms with Crippen LogP contribution in [0.15, 0.2) is 255 Å². The van der Waals surface area contributed by atoms with Gasteiger partial charge in [-0.2, -0.15) is 0 Å². The zero-order valence-corrected chi connectivity index (χ0v) is 44.3. The van der Waals surface area contributed by atoms with Crippen LogP contribution in [0.1, 0.15) is 72.2 Å². The molecule has 2 aromatic heterocycles. The van der Waals surface area contributed by atoms with Gasteiger partial charge in [-0.25, -0.2) is 9.97 Å². The first-order valence-corrected chi connectivity index (χ1v) is 26.9. The molecule has 4 nitrogen and oxygen atoms in total. The molecule has 2 aliphatic rings. The van der Waals surface area contributed by atoms with E-state index >= 15 is 0 Å². The van der Waals surface area contributed by atoms with E-state index in [9.17, 15) is 0 Å². The molecule has 0 saturated carbocycles. The highest BCUT2D eigenvalue weighted by Crippen LogP contribution is 2.53. The number of fused-ring (bicyclic) bond motifs is 6. The van der Waals surface area contributed by atoms with Crippen molar-refractivity contribution < 1.29 is 0 Å². The fourth-order valence-corrected chi connectivity index (χ4v) is 11.8. The number of pyridine rings is 2. The van der Waals surface area contributed by atoms with E-state index in [1.54, 1.807) is 0 Å². The van der Waals surface area contributed by atoms with Gasteiger partial charge in [0.2, 0.25) is 0 Å². The van der Waals surface area contributed by atoms with Gasteiger partial charge in [-0.3, -0.25) is 9.80 Å². The highest BCUT2D eigenvalue weighted by molar-refractivity contribution is 5.89. The Morgan fingerprint density at radius 1 is 0.282 bits per heavy atom. The molecule has 0 fully saturated rings. The first-order valence-electron chi connectivity index (χ1n) is 26.9. The van der Waals surface area contributed by atoms with Crippen molar-refractivity contribution in [3.05, 3.63) is 300 Å². The van der Waals surface area contributed by atoms with Crippen LogP contribution in [0.25, 0.3) is 68.8 Å². The number of hydrogen-bond donors (Lipinski definition) is 0. The van der Waals surface area contributed by atoms with Crippen LogP contribution in [0.3, 0.4) is 0 Å². The normalized spacial score (nSPS) is 13.5. The number of benzene rings is 9. The lowest BCUT2D eigenvalue weighted by molar-refractivity contribution is 0.660. The van der Waals surface area contributed by atoms with Crippen LogP contribution in [0.4, 0.5) is 34.4 Å². The Morgan fingerprint density at radius 2 is 0.615 bits per heavy atom. The van der Waals surface area contributed by atoms with E-state index < -0.39 is 0 Å². The molecule has 0 atom stereocenters. The second kappa shape index (κ2) is 19.8. The average Bonchev–Trinajstić information content (AvgIpc) is 4.10. The molecule has 0 saturated heterocycles. The highest BCUT2D eigenvalue weighted by atomic mass is 15.2. The quantitative estimate of drug-likeness (QED) is 0.114. The molecule has 13 rings (SSSR count). The molecule has 0 aliphatic heterocycles. The van der Waals surface area contributed by atoms with Crippen LogP contribution >= 0.6 is 0 Å². The largest absolute Gasteiger partial charge is 0.295 e. The van der Waals surface area contributed by atoms with Crippen molar-refractivity contribution in [2.75, 3.05) is 9.80 Å². The van der Waals surface area contributed by atoms with E-state index in [1.165, 1.54) is 77.9 Å². The molecule has 78 heavy (non-hydrogen) atoms. The van der Waals surface area contributed by atoms with Gasteiger partial charge in [0.15, 0.2) is 0 Å². The summed E-state index contributed by atoms with van der Waals surface area (Å²) in [6.07, 6.45) is 12.7. The lowest BCUT2D eigenvalue weighted by Crippen LogP contribution is -2.17. The maximum absolute atomic E-state index is 4.85. The maximum atomic E-state index is 4.85. The third kappa shape index (κ3) is 8.91. The number of hydrogen-bond acceptors (Lipinski definition) is 4. The van der Waals surface area contributed by atoms with Gasteiger partial charge < -0.3 is 0 Å². The average molecular weight is 1000 g/mol. The first-order chi connectivity index (χ1) is 38.2. The summed E-state index contributed by atoms with van der Waals surface area (Å²) in [6, 6.07) is 87.4. The predicted octanol–water partition coefficient (Wildman–Crippen LogP) is 19.7. The van der Waals surface area contributed by atoms with Crippen molar-refractivity contribution in [3.8, 4) is 44.5 Å². The molecule has 0 radical (unpaired) electrons. The second-order valence-corrected chi connectivity index (χ2v) is 21.5. The van der Waals surface area contributed by atoms with Crippen LogP contribution in [0, 0.1) is 0 Å². The van der Waals surface area contributed by atoms with Crippen molar-refractivity contribution in [1.29, 1.82) is 0 Å². The molecule has 0 amide bonds. The number of anilines is 6. The smallest absolute Gasteiger partial charge is 0.137 e. The van der Waals surface area contributed by atoms with Gasteiger partial charge in [-0.05, 0) is 162 Å². The molecule has 2 aliphatic carbocycles. The summed E-state index contributed by atoms with van der Waals surface area (Å²) in [5, 5.41) is 0. The van der Waals surface area contributed by atoms with Gasteiger partial charge in [0.1, 0.15) is 11.6 Å². The Labute approximate surface area is 458 Å². The van der Waals surface area contributed by atoms with Crippen LogP contribution in [-0.4, -0.2) is 9.97 Å². The zero-order chi connectivity index (χ0) is 52.8. The Kier molecular flexibility index (Phi) is 12.2. The van der Waals surface area contributed by atoms with Crippen LogP contribution in [0.5, 0.6) is 0 Å². The molecule has 9 aromatic carbocycles. The molecule has 0 unspecified atom stereocenters. The van der Waals surface area contributed by atoms with Crippen molar-refractivity contribution in [2.24, 2.45) is 0 Å². The first kappa shape index (κ1) is 48.0. The highest BCUT2D eigenvalue weighted by Gasteiger charge is 2.38. The molecule has 2 heterocycles. The monoisotopic (exact) mass is 1000 g/mol. The number of rotatable bonds is 12. The lowest BCUT2D eigenvalue weighted by atomic mass is 9.81. The zero-order valence-electron chi connectivity index (χ0n) is 44.3. The summed E-state index contributed by atoms with van der Waals surface area (Å²) < 4.78 is 0. The third-order valence-corrected chi connectivity index (χ3v) is 15.9. The standard InChI is InChI=1S/C74H58N4/c1-73(2)67-45-53(35-39-63(67)65-41-37-61(49-69(65)73)77(71-25-11-13-43-75-71)59-23-15-21-57(47-59)55-17-7-5-8-18-55)33-31-51-27-29-52(30-28-51)32-34-54-36-40-64-66-42-38-62(50-70(66)74(3,4)68(64)46-54)78(72-26-12-14-44-76-72)60-24-16-22-58(48-60)56-19-9-6-10-20-56/h5-50H,1-4H3/b33-31+,34-32+. The van der Waals surface area contributed by atoms with E-state index in [1.807, 2.05) is 24.5 Å². The third-order valence-electron chi connectivity index (χ3n) is 15.9. The van der Waals surface area contributed by atoms with Crippen LogP contribution in [-0.2, 0) is 10.8 Å². The minimum Gasteiger partial charge on any atom is -0.295 e. The molecule has 0 bridgehead atoms. The Hall–Kier alpha value is -9.64. The SMILES string of the molecule is CC1(C)c2cc(/C=C/c3ccc(/C=C/c4ccc5c(c4)C(C)(C)c4cc(N(c6cccc(-c7ccccc7)c6)c6ccccn6)ccc4-5)cc3)ccc2-c2ccc(N(c3cccc(-c4ccccc4)c3)c3ccccn3)cc21. The maximum Gasteiger partial charge on any atom is 0.137 e. The summed E-state index contributed by atoms with van der Waals surface area (Å²) in [4.78, 5) is 14.2. The molecule has 4 heteroatoms. The molecule has 0 spiro atoms. The van der Waals surface area contributed by atoms with Gasteiger partial charge in [0.25, 0.3) is 0 Å². The minimum atomic E-state index is -0.207. The minimum absolute atomic E-state index is 0.207. The van der Waals surface area contributed by atoms with E-state index in [4.69, 9.17) is 9.97 Å². The van der Waals surface area contributed by atoms with E-state index in [2.05, 4.69) is 292 Å². The van der Waals surface area contributed by atoms with Gasteiger partial charge >= 0.3 is 0 Å². The summed E-state index contributed by atoms with van der Waals surface area (Å²) in [5.74, 6) is 1.76. The van der Waals surface area contributed by atoms with Crippen molar-refractivity contribution in [2.45, 2.75) is 38.5 Å². The van der Waals surface area contributed by atoms with Crippen molar-refractivity contribution in [3.63, 3.8) is 0 Å². The number of nitrogens with zero attached hydrogens (tertiary/aromatic N) is 4. The van der Waals surface area contributed by atoms with Crippen molar-refractivity contribution >= 4 is 58.7 Å². The van der Waals surface area contributed by atoms with Gasteiger partial charge in [0.05, 0.1) is 0 Å². The summed E-state index contributed by atoms with van der Waals surface area (Å²) in [5.41, 5.74) is 23.7. The van der Waals surface area contributed by atoms with E-state index in [-0.39, 0.29) is 10.8 Å². The Bertz CT molecular complexity index is 3800. The van der Waals surface area contributed by atoms with Crippen LogP contribution in [0.2, 0.25) is 0 Å². The summed E-state index contributed by atoms with van der Waals surface area (Å²) >= 11 is 0. The fraction of sp³-hybridized carbons (Fsp3) is 0.0811. The van der Waals surface area contributed by atoms with E-state index in [0.29, 0.717) is 0 Å². The Balaban J connectivity index is 0.715. The van der Waals surface area contributed by atoms with Gasteiger partial charge in [0, 0.05) is 46.0 Å². The summed E-state index contributed by atoms with van der Waals surface area (Å²) in [7, 11) is 0. The predicted molar refractivity (Wildman–Crippen MR) is 328 cm³/mol.